The maximum absolute atomic E-state index is 5.75. The van der Waals surface area contributed by atoms with Gasteiger partial charge in [0.05, 0.1) is 31.7 Å². The number of fused-ring (bicyclic) bond motifs is 2. The lowest BCUT2D eigenvalue weighted by molar-refractivity contribution is 0.152. The zero-order valence-corrected chi connectivity index (χ0v) is 19.7. The molecular formula is C26H28N6O3. The maximum Gasteiger partial charge on any atom is 0.216 e. The highest BCUT2D eigenvalue weighted by atomic mass is 16.5. The lowest BCUT2D eigenvalue weighted by atomic mass is 10.1. The first-order chi connectivity index (χ1) is 17.3. The van der Waals surface area contributed by atoms with Crippen LogP contribution in [0.25, 0.3) is 16.9 Å². The van der Waals surface area contributed by atoms with Gasteiger partial charge in [-0.25, -0.2) is 15.0 Å². The Morgan fingerprint density at radius 3 is 2.97 bits per heavy atom. The lowest BCUT2D eigenvalue weighted by Gasteiger charge is -2.24. The first-order valence-electron chi connectivity index (χ1n) is 12.0. The fourth-order valence-corrected chi connectivity index (χ4v) is 4.67. The minimum Gasteiger partial charge on any atom is -0.495 e. The van der Waals surface area contributed by atoms with Crippen LogP contribution in [0.3, 0.4) is 0 Å². The number of methoxy groups -OCH3 is 1. The number of anilines is 3. The Morgan fingerprint density at radius 2 is 2.03 bits per heavy atom. The number of aryl methyl sites for hydroxylation is 1. The highest BCUT2D eigenvalue weighted by molar-refractivity contribution is 5.76. The normalized spacial score (nSPS) is 15.9. The van der Waals surface area contributed by atoms with Crippen molar-refractivity contribution in [3.63, 3.8) is 0 Å². The summed E-state index contributed by atoms with van der Waals surface area (Å²) in [5.74, 6) is 2.20. The van der Waals surface area contributed by atoms with E-state index in [1.165, 1.54) is 0 Å². The molecule has 1 fully saturated rings. The van der Waals surface area contributed by atoms with E-state index in [-0.39, 0.29) is 0 Å². The number of imidazole rings is 1. The molecular weight excluding hydrogens is 444 g/mol. The maximum atomic E-state index is 5.75. The quantitative estimate of drug-likeness (QED) is 0.465. The van der Waals surface area contributed by atoms with Gasteiger partial charge in [0.1, 0.15) is 5.75 Å². The van der Waals surface area contributed by atoms with Gasteiger partial charge >= 0.3 is 0 Å². The summed E-state index contributed by atoms with van der Waals surface area (Å²) in [6.45, 7) is 4.04. The molecule has 3 aromatic heterocycles. The van der Waals surface area contributed by atoms with Gasteiger partial charge in [0, 0.05) is 67.4 Å². The number of rotatable bonds is 5. The molecule has 5 heterocycles. The van der Waals surface area contributed by atoms with Crippen molar-refractivity contribution >= 4 is 22.8 Å². The molecule has 0 bridgehead atoms. The molecule has 180 valence electrons. The first kappa shape index (κ1) is 21.7. The molecule has 2 aliphatic rings. The van der Waals surface area contributed by atoms with Gasteiger partial charge in [0.15, 0.2) is 11.5 Å². The van der Waals surface area contributed by atoms with Crippen LogP contribution in [0, 0.1) is 0 Å². The molecule has 0 spiro atoms. The lowest BCUT2D eigenvalue weighted by Crippen LogP contribution is -2.26. The minimum absolute atomic E-state index is 0.666. The van der Waals surface area contributed by atoms with Crippen molar-refractivity contribution in [2.24, 2.45) is 0 Å². The number of nitrogens with one attached hydrogen (secondary N) is 1. The number of pyridine rings is 1. The number of aromatic nitrogens is 4. The van der Waals surface area contributed by atoms with Crippen molar-refractivity contribution in [3.8, 4) is 22.9 Å². The third-order valence-corrected chi connectivity index (χ3v) is 6.43. The van der Waals surface area contributed by atoms with Crippen molar-refractivity contribution in [2.75, 3.05) is 50.2 Å². The standard InChI is InChI=1S/C26H28N6O3/c1-33-23-15-20(5-6-22(23)31-8-3-11-34-13-10-31)29-24-25-27-7-9-32(25)17-21(30-24)19-14-18-4-2-12-35-26(18)28-16-19/h5-7,9,14-17H,2-4,8,10-13H2,1H3,(H,29,30). The second-order valence-electron chi connectivity index (χ2n) is 8.74. The molecule has 0 amide bonds. The molecule has 1 aromatic carbocycles. The summed E-state index contributed by atoms with van der Waals surface area (Å²) in [5.41, 5.74) is 5.57. The SMILES string of the molecule is COc1cc(Nc2nc(-c3cnc4c(c3)CCCO4)cn3ccnc23)ccc1N1CCCOCC1. The van der Waals surface area contributed by atoms with E-state index in [1.807, 2.05) is 29.1 Å². The van der Waals surface area contributed by atoms with Gasteiger partial charge in [-0.1, -0.05) is 0 Å². The topological polar surface area (TPSA) is 86.0 Å². The average molecular weight is 473 g/mol. The van der Waals surface area contributed by atoms with Crippen LogP contribution in [0.1, 0.15) is 18.4 Å². The second-order valence-corrected chi connectivity index (χ2v) is 8.74. The van der Waals surface area contributed by atoms with Crippen LogP contribution < -0.4 is 19.7 Å². The third kappa shape index (κ3) is 4.35. The van der Waals surface area contributed by atoms with Crippen LogP contribution >= 0.6 is 0 Å². The van der Waals surface area contributed by atoms with E-state index in [0.717, 1.165) is 97.6 Å². The van der Waals surface area contributed by atoms with E-state index in [9.17, 15) is 0 Å². The van der Waals surface area contributed by atoms with E-state index in [1.54, 1.807) is 13.3 Å². The van der Waals surface area contributed by atoms with E-state index >= 15 is 0 Å². The highest BCUT2D eigenvalue weighted by Crippen LogP contribution is 2.34. The molecule has 0 unspecified atom stereocenters. The molecule has 6 rings (SSSR count). The molecule has 4 aromatic rings. The summed E-state index contributed by atoms with van der Waals surface area (Å²) in [7, 11) is 1.70. The van der Waals surface area contributed by atoms with Gasteiger partial charge in [-0.2, -0.15) is 0 Å². The van der Waals surface area contributed by atoms with E-state index in [4.69, 9.17) is 19.2 Å². The number of nitrogens with zero attached hydrogens (tertiary/aromatic N) is 5. The zero-order valence-electron chi connectivity index (χ0n) is 19.7. The van der Waals surface area contributed by atoms with Gasteiger partial charge in [-0.05, 0) is 37.5 Å². The van der Waals surface area contributed by atoms with Crippen molar-refractivity contribution in [1.29, 1.82) is 0 Å². The Labute approximate surface area is 203 Å². The molecule has 2 aliphatic heterocycles. The highest BCUT2D eigenvalue weighted by Gasteiger charge is 2.17. The molecule has 9 heteroatoms. The summed E-state index contributed by atoms with van der Waals surface area (Å²) < 4.78 is 19.0. The molecule has 0 aliphatic carbocycles. The van der Waals surface area contributed by atoms with Gasteiger partial charge in [0.2, 0.25) is 5.88 Å². The van der Waals surface area contributed by atoms with Crippen molar-refractivity contribution in [1.82, 2.24) is 19.4 Å². The zero-order chi connectivity index (χ0) is 23.6. The van der Waals surface area contributed by atoms with Crippen LogP contribution in [-0.2, 0) is 11.2 Å². The summed E-state index contributed by atoms with van der Waals surface area (Å²) in [5, 5.41) is 3.46. The largest absolute Gasteiger partial charge is 0.495 e. The third-order valence-electron chi connectivity index (χ3n) is 6.43. The summed E-state index contributed by atoms with van der Waals surface area (Å²) >= 11 is 0. The number of hydrogen-bond acceptors (Lipinski definition) is 8. The van der Waals surface area contributed by atoms with Crippen LogP contribution in [0.5, 0.6) is 11.6 Å². The van der Waals surface area contributed by atoms with Crippen LogP contribution in [0.15, 0.2) is 49.1 Å². The van der Waals surface area contributed by atoms with Crippen LogP contribution in [0.4, 0.5) is 17.2 Å². The monoisotopic (exact) mass is 472 g/mol. The molecule has 9 nitrogen and oxygen atoms in total. The van der Waals surface area contributed by atoms with Crippen LogP contribution in [-0.4, -0.2) is 59.4 Å². The summed E-state index contributed by atoms with van der Waals surface area (Å²) in [6.07, 6.45) is 10.5. The average Bonchev–Trinajstić information content (AvgIpc) is 3.22. The Hall–Kier alpha value is -3.85. The van der Waals surface area contributed by atoms with Crippen molar-refractivity contribution < 1.29 is 14.2 Å². The van der Waals surface area contributed by atoms with Crippen molar-refractivity contribution in [2.45, 2.75) is 19.3 Å². The molecule has 35 heavy (non-hydrogen) atoms. The smallest absolute Gasteiger partial charge is 0.216 e. The number of ether oxygens (including phenoxy) is 3. The number of hydrogen-bond donors (Lipinski definition) is 1. The van der Waals surface area contributed by atoms with Gasteiger partial charge in [-0.15, -0.1) is 0 Å². The molecule has 1 saturated heterocycles. The first-order valence-corrected chi connectivity index (χ1v) is 12.0. The minimum atomic E-state index is 0.666. The van der Waals surface area contributed by atoms with Gasteiger partial charge < -0.3 is 28.8 Å². The number of benzene rings is 1. The Bertz CT molecular complexity index is 1350. The predicted molar refractivity (Wildman–Crippen MR) is 134 cm³/mol. The van der Waals surface area contributed by atoms with E-state index in [0.29, 0.717) is 5.82 Å². The molecule has 0 atom stereocenters. The Morgan fingerprint density at radius 1 is 1.06 bits per heavy atom. The van der Waals surface area contributed by atoms with E-state index < -0.39 is 0 Å². The summed E-state index contributed by atoms with van der Waals surface area (Å²) in [6, 6.07) is 8.27. The summed E-state index contributed by atoms with van der Waals surface area (Å²) in [4.78, 5) is 16.3. The fourth-order valence-electron chi connectivity index (χ4n) is 4.67. The van der Waals surface area contributed by atoms with Crippen molar-refractivity contribution in [3.05, 3.63) is 54.6 Å². The molecule has 0 saturated carbocycles. The Balaban J connectivity index is 1.33. The molecule has 0 radical (unpaired) electrons. The van der Waals surface area contributed by atoms with Crippen LogP contribution in [0.2, 0.25) is 0 Å². The van der Waals surface area contributed by atoms with E-state index in [2.05, 4.69) is 38.4 Å². The second kappa shape index (κ2) is 9.42. The fraction of sp³-hybridized carbons (Fsp3) is 0.346. The molecule has 1 N–H and O–H groups in total. The Kier molecular flexibility index (Phi) is 5.83. The predicted octanol–water partition coefficient (Wildman–Crippen LogP) is 4.10. The van der Waals surface area contributed by atoms with Gasteiger partial charge in [0.25, 0.3) is 0 Å². The van der Waals surface area contributed by atoms with Gasteiger partial charge in [-0.3, -0.25) is 0 Å².